The Balaban J connectivity index is 2.24. The van der Waals surface area contributed by atoms with Crippen molar-refractivity contribution < 1.29 is 19.5 Å². The molecule has 0 saturated carbocycles. The molecule has 0 fully saturated rings. The number of allylic oxidation sites excluding steroid dienone is 1. The minimum Gasteiger partial charge on any atom is -0.394 e. The van der Waals surface area contributed by atoms with Crippen LogP contribution < -0.4 is 16.2 Å². The highest BCUT2D eigenvalue weighted by molar-refractivity contribution is 6.43. The summed E-state index contributed by atoms with van der Waals surface area (Å²) in [4.78, 5) is 36.2. The average molecular weight is 322 g/mol. The molecule has 0 aromatic carbocycles. The minimum absolute atomic E-state index is 0.185. The van der Waals surface area contributed by atoms with Gasteiger partial charge in [-0.25, -0.2) is 5.43 Å². The first-order valence-electron chi connectivity index (χ1n) is 7.33. The monoisotopic (exact) mass is 322 g/mol. The number of nitrogens with zero attached hydrogens (tertiary/aromatic N) is 1. The fourth-order valence-electron chi connectivity index (χ4n) is 2.01. The predicted octanol–water partition coefficient (Wildman–Crippen LogP) is -2.06. The topological polar surface area (TPSA) is 111 Å². The number of hydrogen-bond acceptors (Lipinski definition) is 7. The molecule has 8 nitrogen and oxygen atoms in total. The Morgan fingerprint density at radius 3 is 2.91 bits per heavy atom. The maximum absolute atomic E-state index is 11.7. The van der Waals surface area contributed by atoms with Gasteiger partial charge >= 0.3 is 0 Å². The number of carbonyl (C=O) groups is 3. The van der Waals surface area contributed by atoms with E-state index in [1.807, 2.05) is 0 Å². The number of hydrazine groups is 1. The van der Waals surface area contributed by atoms with E-state index < -0.39 is 29.6 Å². The number of hydrogen-bond donors (Lipinski definition) is 4. The molecule has 0 aliphatic carbocycles. The van der Waals surface area contributed by atoms with E-state index >= 15 is 0 Å². The van der Waals surface area contributed by atoms with Gasteiger partial charge in [0.05, 0.1) is 19.2 Å². The second-order valence-electron chi connectivity index (χ2n) is 5.05. The molecular weight excluding hydrogens is 300 g/mol. The van der Waals surface area contributed by atoms with Gasteiger partial charge < -0.3 is 10.0 Å². The highest BCUT2D eigenvalue weighted by Gasteiger charge is 2.27. The van der Waals surface area contributed by atoms with Gasteiger partial charge in [-0.1, -0.05) is 5.92 Å². The second-order valence-corrected chi connectivity index (χ2v) is 5.05. The van der Waals surface area contributed by atoms with Crippen molar-refractivity contribution in [1.29, 1.82) is 0 Å². The molecule has 0 spiro atoms. The summed E-state index contributed by atoms with van der Waals surface area (Å²) < 4.78 is 0. The highest BCUT2D eigenvalue weighted by Crippen LogP contribution is 2.09. The van der Waals surface area contributed by atoms with Crippen LogP contribution in [0.1, 0.15) is 13.3 Å². The number of carbonyl (C=O) groups excluding carboxylic acids is 3. The van der Waals surface area contributed by atoms with E-state index in [1.54, 1.807) is 18.0 Å². The van der Waals surface area contributed by atoms with Crippen LogP contribution in [-0.4, -0.2) is 65.8 Å². The lowest BCUT2D eigenvalue weighted by Gasteiger charge is -2.28. The van der Waals surface area contributed by atoms with Crippen LogP contribution in [0.3, 0.4) is 0 Å². The van der Waals surface area contributed by atoms with E-state index in [4.69, 9.17) is 11.5 Å². The van der Waals surface area contributed by atoms with Crippen molar-refractivity contribution in [3.05, 3.63) is 12.3 Å². The Bertz CT molecular complexity index is 512. The first-order valence-corrected chi connectivity index (χ1v) is 7.33. The smallest absolute Gasteiger partial charge is 0.253 e. The van der Waals surface area contributed by atoms with Crippen LogP contribution >= 0.6 is 0 Å². The van der Waals surface area contributed by atoms with Crippen molar-refractivity contribution in [3.63, 3.8) is 0 Å². The summed E-state index contributed by atoms with van der Waals surface area (Å²) in [6, 6.07) is -1.24. The number of aliphatic hydroxyl groups excluding tert-OH is 1. The van der Waals surface area contributed by atoms with Crippen LogP contribution in [0.25, 0.3) is 0 Å². The summed E-state index contributed by atoms with van der Waals surface area (Å²) in [6.45, 7) is 2.55. The molecular formula is C15H22N4O4. The van der Waals surface area contributed by atoms with E-state index in [9.17, 15) is 14.4 Å². The third-order valence-corrected chi connectivity index (χ3v) is 3.42. The summed E-state index contributed by atoms with van der Waals surface area (Å²) in [7, 11) is 0. The third kappa shape index (κ3) is 5.83. The lowest BCUT2D eigenvalue weighted by molar-refractivity contribution is -0.137. The standard InChI is InChI=1S/C15H22N4O4/c1-3-6-16-12(10-20)15(23)18-17-7-4-8-19-9-5-13(21)14(22)11(19)2/h1,5,9,11-12,16-17,20H,4,6-8,10H2,2H3,(H,18,23). The molecule has 2 atom stereocenters. The first kappa shape index (κ1) is 18.8. The lowest BCUT2D eigenvalue weighted by atomic mass is 10.1. The fourth-order valence-corrected chi connectivity index (χ4v) is 2.01. The van der Waals surface area contributed by atoms with Gasteiger partial charge in [-0.2, -0.15) is 0 Å². The van der Waals surface area contributed by atoms with Gasteiger partial charge in [0.25, 0.3) is 5.91 Å². The molecule has 23 heavy (non-hydrogen) atoms. The van der Waals surface area contributed by atoms with Crippen LogP contribution in [0.4, 0.5) is 0 Å². The van der Waals surface area contributed by atoms with Crippen molar-refractivity contribution in [2.45, 2.75) is 25.4 Å². The SMILES string of the molecule is C#CCNC(CO)C(=O)NNCCCN1C=CC(=O)C(=O)C1C. The van der Waals surface area contributed by atoms with Gasteiger partial charge in [0.1, 0.15) is 6.04 Å². The minimum atomic E-state index is -0.771. The molecule has 0 aromatic heterocycles. The number of aliphatic hydroxyl groups is 1. The van der Waals surface area contributed by atoms with Crippen LogP contribution in [-0.2, 0) is 14.4 Å². The summed E-state index contributed by atoms with van der Waals surface area (Å²) in [5, 5.41) is 11.8. The Labute approximate surface area is 135 Å². The zero-order chi connectivity index (χ0) is 17.2. The van der Waals surface area contributed by atoms with E-state index in [1.165, 1.54) is 6.08 Å². The predicted molar refractivity (Wildman–Crippen MR) is 83.8 cm³/mol. The maximum atomic E-state index is 11.7. The van der Waals surface area contributed by atoms with Gasteiger partial charge in [-0.15, -0.1) is 6.42 Å². The Morgan fingerprint density at radius 1 is 1.52 bits per heavy atom. The molecule has 0 saturated heterocycles. The normalized spacial score (nSPS) is 18.7. The Morgan fingerprint density at radius 2 is 2.26 bits per heavy atom. The van der Waals surface area contributed by atoms with Crippen molar-refractivity contribution >= 4 is 17.5 Å². The molecule has 1 amide bonds. The van der Waals surface area contributed by atoms with Crippen LogP contribution in [0.2, 0.25) is 0 Å². The van der Waals surface area contributed by atoms with Crippen molar-refractivity contribution in [2.24, 2.45) is 0 Å². The molecule has 0 bridgehead atoms. The number of rotatable bonds is 9. The molecule has 1 aliphatic rings. The molecule has 4 N–H and O–H groups in total. The van der Waals surface area contributed by atoms with Crippen LogP contribution in [0.15, 0.2) is 12.3 Å². The zero-order valence-corrected chi connectivity index (χ0v) is 13.0. The van der Waals surface area contributed by atoms with Gasteiger partial charge in [0.15, 0.2) is 0 Å². The maximum Gasteiger partial charge on any atom is 0.253 e. The molecule has 0 radical (unpaired) electrons. The summed E-state index contributed by atoms with van der Waals surface area (Å²) in [6.07, 6.45) is 8.60. The largest absolute Gasteiger partial charge is 0.394 e. The Kier molecular flexibility index (Phi) is 7.97. The summed E-state index contributed by atoms with van der Waals surface area (Å²) in [5.74, 6) is 1.02. The summed E-state index contributed by atoms with van der Waals surface area (Å²) in [5.41, 5.74) is 5.22. The molecule has 126 valence electrons. The number of terminal acetylenes is 1. The van der Waals surface area contributed by atoms with Gasteiger partial charge in [-0.3, -0.25) is 25.1 Å². The van der Waals surface area contributed by atoms with E-state index in [-0.39, 0.29) is 13.2 Å². The third-order valence-electron chi connectivity index (χ3n) is 3.42. The van der Waals surface area contributed by atoms with Gasteiger partial charge in [-0.05, 0) is 13.3 Å². The second kappa shape index (κ2) is 9.74. The molecule has 1 aliphatic heterocycles. The number of nitrogens with one attached hydrogen (secondary N) is 3. The average Bonchev–Trinajstić information content (AvgIpc) is 2.55. The number of amides is 1. The fraction of sp³-hybridized carbons (Fsp3) is 0.533. The van der Waals surface area contributed by atoms with Crippen molar-refractivity contribution in [2.75, 3.05) is 26.2 Å². The van der Waals surface area contributed by atoms with Crippen LogP contribution in [0.5, 0.6) is 0 Å². The molecule has 1 rings (SSSR count). The first-order chi connectivity index (χ1) is 11.0. The van der Waals surface area contributed by atoms with E-state index in [0.717, 1.165) is 0 Å². The lowest BCUT2D eigenvalue weighted by Crippen LogP contribution is -2.51. The van der Waals surface area contributed by atoms with Crippen molar-refractivity contribution in [3.8, 4) is 12.3 Å². The quantitative estimate of drug-likeness (QED) is 0.167. The van der Waals surface area contributed by atoms with Gasteiger partial charge in [0, 0.05) is 25.4 Å². The zero-order valence-electron chi connectivity index (χ0n) is 13.0. The molecule has 2 unspecified atom stereocenters. The molecule has 8 heteroatoms. The van der Waals surface area contributed by atoms with Gasteiger partial charge in [0.2, 0.25) is 11.6 Å². The highest BCUT2D eigenvalue weighted by atomic mass is 16.3. The Hall–Kier alpha value is -2.21. The van der Waals surface area contributed by atoms with Crippen LogP contribution in [0, 0.1) is 12.3 Å². The molecule has 1 heterocycles. The van der Waals surface area contributed by atoms with E-state index in [0.29, 0.717) is 19.5 Å². The summed E-state index contributed by atoms with van der Waals surface area (Å²) >= 11 is 0. The number of Topliss-reactive ketones (excluding diaryl/α,β-unsaturated/α-hetero) is 1. The van der Waals surface area contributed by atoms with E-state index in [2.05, 4.69) is 22.1 Å². The number of ketones is 2. The molecule has 0 aromatic rings. The van der Waals surface area contributed by atoms with Crippen molar-refractivity contribution in [1.82, 2.24) is 21.1 Å².